The zero-order valence-corrected chi connectivity index (χ0v) is 19.1. The van der Waals surface area contributed by atoms with Gasteiger partial charge in [0.2, 0.25) is 0 Å². The summed E-state index contributed by atoms with van der Waals surface area (Å²) in [5, 5.41) is 3.81. The fraction of sp³-hybridized carbons (Fsp3) is 0.379. The Labute approximate surface area is 192 Å². The monoisotopic (exact) mass is 429 g/mol. The summed E-state index contributed by atoms with van der Waals surface area (Å²) < 4.78 is 12.5. The molecule has 0 aliphatic heterocycles. The van der Waals surface area contributed by atoms with E-state index in [4.69, 9.17) is 9.47 Å². The van der Waals surface area contributed by atoms with Gasteiger partial charge in [-0.2, -0.15) is 0 Å². The van der Waals surface area contributed by atoms with E-state index in [2.05, 4.69) is 91.1 Å². The van der Waals surface area contributed by atoms with E-state index >= 15 is 0 Å². The van der Waals surface area contributed by atoms with Crippen LogP contribution in [-0.2, 0) is 29.2 Å². The SMILES string of the molecule is C[C@H]1CC(COCc2ccccc2)(COCc2ccccc2)C[C@H]1NCc1ccccc1. The molecule has 0 heterocycles. The summed E-state index contributed by atoms with van der Waals surface area (Å²) in [6, 6.07) is 32.0. The van der Waals surface area contributed by atoms with Gasteiger partial charge in [-0.1, -0.05) is 97.9 Å². The lowest BCUT2D eigenvalue weighted by atomic mass is 9.87. The standard InChI is InChI=1S/C29H35NO2/c1-24-17-29(22-31-20-26-13-7-3-8-14-26,23-32-21-27-15-9-4-10-16-27)18-28(24)30-19-25-11-5-2-6-12-25/h2-16,24,28,30H,17-23H2,1H3/t24-,28+/m0/s1. The van der Waals surface area contributed by atoms with E-state index in [9.17, 15) is 0 Å². The van der Waals surface area contributed by atoms with Gasteiger partial charge in [0.25, 0.3) is 0 Å². The van der Waals surface area contributed by atoms with Crippen molar-refractivity contribution in [2.45, 2.75) is 45.6 Å². The normalized spacial score (nSPS) is 19.8. The van der Waals surface area contributed by atoms with Gasteiger partial charge in [-0.05, 0) is 35.4 Å². The highest BCUT2D eigenvalue weighted by atomic mass is 16.5. The summed E-state index contributed by atoms with van der Waals surface area (Å²) in [4.78, 5) is 0. The first-order valence-electron chi connectivity index (χ1n) is 11.7. The number of nitrogens with one attached hydrogen (secondary N) is 1. The molecule has 4 rings (SSSR count). The van der Waals surface area contributed by atoms with Crippen molar-refractivity contribution in [2.75, 3.05) is 13.2 Å². The van der Waals surface area contributed by atoms with Crippen LogP contribution in [0.4, 0.5) is 0 Å². The molecule has 1 N–H and O–H groups in total. The molecule has 3 heteroatoms. The maximum Gasteiger partial charge on any atom is 0.0717 e. The number of hydrogen-bond donors (Lipinski definition) is 1. The van der Waals surface area contributed by atoms with Crippen LogP contribution >= 0.6 is 0 Å². The molecule has 3 aromatic carbocycles. The fourth-order valence-corrected chi connectivity index (χ4v) is 4.89. The zero-order chi connectivity index (χ0) is 22.1. The summed E-state index contributed by atoms with van der Waals surface area (Å²) >= 11 is 0. The number of ether oxygens (including phenoxy) is 2. The molecule has 0 bridgehead atoms. The molecule has 3 aromatic rings. The first-order chi connectivity index (χ1) is 15.7. The Balaban J connectivity index is 1.36. The van der Waals surface area contributed by atoms with Crippen molar-refractivity contribution in [2.24, 2.45) is 11.3 Å². The van der Waals surface area contributed by atoms with Crippen molar-refractivity contribution in [3.05, 3.63) is 108 Å². The molecular formula is C29H35NO2. The maximum absolute atomic E-state index is 6.26. The Morgan fingerprint density at radius 1 is 0.688 bits per heavy atom. The molecule has 0 aromatic heterocycles. The van der Waals surface area contributed by atoms with Crippen LogP contribution in [0.5, 0.6) is 0 Å². The quantitative estimate of drug-likeness (QED) is 0.406. The molecule has 168 valence electrons. The Morgan fingerprint density at radius 2 is 1.16 bits per heavy atom. The Morgan fingerprint density at radius 3 is 1.66 bits per heavy atom. The molecule has 0 spiro atoms. The van der Waals surface area contributed by atoms with Crippen LogP contribution < -0.4 is 5.32 Å². The van der Waals surface area contributed by atoms with E-state index in [1.807, 2.05) is 12.1 Å². The minimum atomic E-state index is 0.0390. The van der Waals surface area contributed by atoms with E-state index in [1.54, 1.807) is 0 Å². The predicted molar refractivity (Wildman–Crippen MR) is 130 cm³/mol. The van der Waals surface area contributed by atoms with Crippen LogP contribution in [-0.4, -0.2) is 19.3 Å². The molecule has 0 amide bonds. The van der Waals surface area contributed by atoms with Gasteiger partial charge >= 0.3 is 0 Å². The molecule has 1 aliphatic carbocycles. The first-order valence-corrected chi connectivity index (χ1v) is 11.7. The van der Waals surface area contributed by atoms with Crippen molar-refractivity contribution < 1.29 is 9.47 Å². The Bertz CT molecular complexity index is 868. The lowest BCUT2D eigenvalue weighted by molar-refractivity contribution is -0.0321. The number of benzene rings is 3. The smallest absolute Gasteiger partial charge is 0.0717 e. The average Bonchev–Trinajstić information content (AvgIpc) is 3.15. The van der Waals surface area contributed by atoms with E-state index in [1.165, 1.54) is 16.7 Å². The summed E-state index contributed by atoms with van der Waals surface area (Å²) in [6.07, 6.45) is 2.19. The molecule has 0 saturated heterocycles. The third kappa shape index (κ3) is 6.52. The van der Waals surface area contributed by atoms with Gasteiger partial charge in [-0.3, -0.25) is 0 Å². The highest BCUT2D eigenvalue weighted by Gasteiger charge is 2.43. The largest absolute Gasteiger partial charge is 0.376 e. The van der Waals surface area contributed by atoms with Crippen LogP contribution in [0.2, 0.25) is 0 Å². The van der Waals surface area contributed by atoms with E-state index in [-0.39, 0.29) is 5.41 Å². The van der Waals surface area contributed by atoms with E-state index < -0.39 is 0 Å². The second-order valence-electron chi connectivity index (χ2n) is 9.32. The first kappa shape index (κ1) is 22.7. The average molecular weight is 430 g/mol. The van der Waals surface area contributed by atoms with Gasteiger partial charge in [0.05, 0.1) is 26.4 Å². The second-order valence-corrected chi connectivity index (χ2v) is 9.32. The lowest BCUT2D eigenvalue weighted by Gasteiger charge is -2.29. The third-order valence-electron chi connectivity index (χ3n) is 6.55. The zero-order valence-electron chi connectivity index (χ0n) is 19.1. The summed E-state index contributed by atoms with van der Waals surface area (Å²) in [5.74, 6) is 0.583. The third-order valence-corrected chi connectivity index (χ3v) is 6.55. The Hall–Kier alpha value is -2.46. The summed E-state index contributed by atoms with van der Waals surface area (Å²) in [7, 11) is 0. The highest BCUT2D eigenvalue weighted by Crippen LogP contribution is 2.43. The molecular weight excluding hydrogens is 394 g/mol. The van der Waals surface area contributed by atoms with Crippen LogP contribution in [0, 0.1) is 11.3 Å². The summed E-state index contributed by atoms with van der Waals surface area (Å²) in [6.45, 7) is 6.02. The molecule has 3 nitrogen and oxygen atoms in total. The topological polar surface area (TPSA) is 30.5 Å². The van der Waals surface area contributed by atoms with Gasteiger partial charge in [-0.25, -0.2) is 0 Å². The van der Waals surface area contributed by atoms with Crippen LogP contribution in [0.3, 0.4) is 0 Å². The van der Waals surface area contributed by atoms with E-state index in [0.717, 1.165) is 32.6 Å². The van der Waals surface area contributed by atoms with Crippen molar-refractivity contribution in [1.82, 2.24) is 5.32 Å². The Kier molecular flexibility index (Phi) is 8.11. The molecule has 1 saturated carbocycles. The van der Waals surface area contributed by atoms with Crippen molar-refractivity contribution in [3.63, 3.8) is 0 Å². The second kappa shape index (κ2) is 11.4. The molecule has 32 heavy (non-hydrogen) atoms. The fourth-order valence-electron chi connectivity index (χ4n) is 4.89. The van der Waals surface area contributed by atoms with Crippen LogP contribution in [0.25, 0.3) is 0 Å². The van der Waals surface area contributed by atoms with Crippen molar-refractivity contribution in [1.29, 1.82) is 0 Å². The van der Waals surface area contributed by atoms with Crippen LogP contribution in [0.15, 0.2) is 91.0 Å². The molecule has 1 aliphatic rings. The molecule has 0 unspecified atom stereocenters. The number of rotatable bonds is 11. The minimum Gasteiger partial charge on any atom is -0.376 e. The van der Waals surface area contributed by atoms with E-state index in [0.29, 0.717) is 25.2 Å². The maximum atomic E-state index is 6.26. The van der Waals surface area contributed by atoms with Crippen LogP contribution in [0.1, 0.15) is 36.5 Å². The predicted octanol–water partition coefficient (Wildman–Crippen LogP) is 5.99. The summed E-state index contributed by atoms with van der Waals surface area (Å²) in [5.41, 5.74) is 3.81. The van der Waals surface area contributed by atoms with Gasteiger partial charge < -0.3 is 14.8 Å². The number of hydrogen-bond acceptors (Lipinski definition) is 3. The van der Waals surface area contributed by atoms with Crippen molar-refractivity contribution in [3.8, 4) is 0 Å². The lowest BCUT2D eigenvalue weighted by Crippen LogP contribution is -2.34. The van der Waals surface area contributed by atoms with Gasteiger partial charge in [0.1, 0.15) is 0 Å². The van der Waals surface area contributed by atoms with Gasteiger partial charge in [-0.15, -0.1) is 0 Å². The van der Waals surface area contributed by atoms with Gasteiger partial charge in [0.15, 0.2) is 0 Å². The highest BCUT2D eigenvalue weighted by molar-refractivity contribution is 5.16. The molecule has 2 atom stereocenters. The minimum absolute atomic E-state index is 0.0390. The van der Waals surface area contributed by atoms with Crippen molar-refractivity contribution >= 4 is 0 Å². The molecule has 0 radical (unpaired) electrons. The van der Waals surface area contributed by atoms with Gasteiger partial charge in [0, 0.05) is 18.0 Å². The molecule has 1 fully saturated rings.